The summed E-state index contributed by atoms with van der Waals surface area (Å²) in [5, 5.41) is 11.9. The second-order valence-electron chi connectivity index (χ2n) is 10.1. The Morgan fingerprint density at radius 1 is 1.00 bits per heavy atom. The molecule has 0 saturated carbocycles. The first-order valence-electron chi connectivity index (χ1n) is 11.8. The van der Waals surface area contributed by atoms with Gasteiger partial charge >= 0.3 is 0 Å². The maximum absolute atomic E-state index is 13.5. The summed E-state index contributed by atoms with van der Waals surface area (Å²) in [4.78, 5) is 28.4. The van der Waals surface area contributed by atoms with Crippen LogP contribution in [0.1, 0.15) is 54.6 Å². The van der Waals surface area contributed by atoms with Crippen molar-refractivity contribution < 1.29 is 19.4 Å². The highest BCUT2D eigenvalue weighted by Crippen LogP contribution is 2.44. The van der Waals surface area contributed by atoms with Crippen LogP contribution >= 0.6 is 11.6 Å². The third kappa shape index (κ3) is 4.40. The van der Waals surface area contributed by atoms with Gasteiger partial charge in [-0.1, -0.05) is 62.7 Å². The van der Waals surface area contributed by atoms with Crippen LogP contribution in [0.3, 0.4) is 0 Å². The fourth-order valence-corrected chi connectivity index (χ4v) is 4.77. The summed E-state index contributed by atoms with van der Waals surface area (Å²) in [6, 6.07) is 17.4. The number of carbonyl (C=O) groups is 2. The standard InChI is InChI=1S/C30H30ClNO4/c1-17-16-20(12-15-24(17)36-6)27(33)25-26(19-10-13-21(14-11-19)30(3,4)5)32(29(35)28(25)34)23-9-7-8-22(31)18(23)2/h7-16,26,33H,1-6H3/b27-25+. The Hall–Kier alpha value is -3.57. The van der Waals surface area contributed by atoms with Crippen molar-refractivity contribution in [3.63, 3.8) is 0 Å². The van der Waals surface area contributed by atoms with Gasteiger partial charge < -0.3 is 9.84 Å². The zero-order valence-electron chi connectivity index (χ0n) is 21.3. The van der Waals surface area contributed by atoms with Crippen LogP contribution in [-0.2, 0) is 15.0 Å². The molecule has 186 valence electrons. The van der Waals surface area contributed by atoms with Crippen molar-refractivity contribution in [1.29, 1.82) is 0 Å². The monoisotopic (exact) mass is 503 g/mol. The molecule has 0 spiro atoms. The molecule has 1 aliphatic rings. The number of anilines is 1. The lowest BCUT2D eigenvalue weighted by Gasteiger charge is -2.28. The van der Waals surface area contributed by atoms with E-state index in [2.05, 4.69) is 20.8 Å². The van der Waals surface area contributed by atoms with Crippen molar-refractivity contribution in [2.24, 2.45) is 0 Å². The van der Waals surface area contributed by atoms with Crippen molar-refractivity contribution >= 4 is 34.7 Å². The number of nitrogens with zero attached hydrogens (tertiary/aromatic N) is 1. The van der Waals surface area contributed by atoms with E-state index in [0.29, 0.717) is 33.1 Å². The number of ketones is 1. The number of carbonyl (C=O) groups excluding carboxylic acids is 2. The lowest BCUT2D eigenvalue weighted by atomic mass is 9.85. The smallest absolute Gasteiger partial charge is 0.300 e. The van der Waals surface area contributed by atoms with Crippen LogP contribution in [0.2, 0.25) is 5.02 Å². The zero-order valence-corrected chi connectivity index (χ0v) is 22.1. The first-order valence-corrected chi connectivity index (χ1v) is 12.1. The summed E-state index contributed by atoms with van der Waals surface area (Å²) in [6.07, 6.45) is 0. The van der Waals surface area contributed by atoms with Crippen molar-refractivity contribution in [3.05, 3.63) is 99.1 Å². The fraction of sp³-hybridized carbons (Fsp3) is 0.267. The van der Waals surface area contributed by atoms with Crippen molar-refractivity contribution in [1.82, 2.24) is 0 Å². The second-order valence-corrected chi connectivity index (χ2v) is 10.5. The summed E-state index contributed by atoms with van der Waals surface area (Å²) >= 11 is 6.39. The number of ether oxygens (including phenoxy) is 1. The number of aliphatic hydroxyl groups excluding tert-OH is 1. The number of hydrogen-bond acceptors (Lipinski definition) is 4. The number of aliphatic hydroxyl groups is 1. The zero-order chi connectivity index (χ0) is 26.4. The number of rotatable bonds is 4. The molecule has 0 aromatic heterocycles. The molecule has 5 nitrogen and oxygen atoms in total. The molecule has 1 heterocycles. The van der Waals surface area contributed by atoms with E-state index in [0.717, 1.165) is 11.1 Å². The summed E-state index contributed by atoms with van der Waals surface area (Å²) in [6.45, 7) is 10.0. The highest BCUT2D eigenvalue weighted by Gasteiger charge is 2.47. The Labute approximate surface area is 217 Å². The molecule has 3 aromatic carbocycles. The van der Waals surface area contributed by atoms with Crippen LogP contribution in [0.5, 0.6) is 5.75 Å². The topological polar surface area (TPSA) is 66.8 Å². The quantitative estimate of drug-likeness (QED) is 0.239. The van der Waals surface area contributed by atoms with Crippen LogP contribution in [-0.4, -0.2) is 23.9 Å². The molecule has 6 heteroatoms. The molecule has 0 aliphatic carbocycles. The average Bonchev–Trinajstić information content (AvgIpc) is 3.10. The van der Waals surface area contributed by atoms with Gasteiger partial charge in [-0.15, -0.1) is 0 Å². The molecule has 1 amide bonds. The molecule has 1 fully saturated rings. The normalized spacial score (nSPS) is 17.5. The van der Waals surface area contributed by atoms with Crippen LogP contribution in [0, 0.1) is 13.8 Å². The van der Waals surface area contributed by atoms with Gasteiger partial charge in [-0.05, 0) is 71.8 Å². The van der Waals surface area contributed by atoms with Crippen LogP contribution in [0.15, 0.2) is 66.2 Å². The first-order chi connectivity index (χ1) is 17.0. The first kappa shape index (κ1) is 25.5. The molecule has 1 unspecified atom stereocenters. The number of benzene rings is 3. The minimum Gasteiger partial charge on any atom is -0.507 e. The molecule has 1 atom stereocenters. The molecule has 1 saturated heterocycles. The summed E-state index contributed by atoms with van der Waals surface area (Å²) < 4.78 is 5.33. The van der Waals surface area contributed by atoms with E-state index in [9.17, 15) is 14.7 Å². The van der Waals surface area contributed by atoms with Gasteiger partial charge in [0, 0.05) is 16.3 Å². The number of methoxy groups -OCH3 is 1. The molecule has 4 rings (SSSR count). The van der Waals surface area contributed by atoms with Gasteiger partial charge in [-0.3, -0.25) is 14.5 Å². The average molecular weight is 504 g/mol. The van der Waals surface area contributed by atoms with Crippen LogP contribution in [0.25, 0.3) is 5.76 Å². The SMILES string of the molecule is COc1ccc(/C(O)=C2\C(=O)C(=O)N(c3cccc(Cl)c3C)C2c2ccc(C(C)(C)C)cc2)cc1C. The second kappa shape index (κ2) is 9.47. The van der Waals surface area contributed by atoms with E-state index in [1.54, 1.807) is 43.5 Å². The minimum atomic E-state index is -0.821. The van der Waals surface area contributed by atoms with E-state index < -0.39 is 17.7 Å². The fourth-order valence-electron chi connectivity index (χ4n) is 4.60. The molecule has 0 bridgehead atoms. The number of halogens is 1. The Bertz CT molecular complexity index is 1380. The van der Waals surface area contributed by atoms with E-state index in [4.69, 9.17) is 16.3 Å². The van der Waals surface area contributed by atoms with Crippen molar-refractivity contribution in [3.8, 4) is 5.75 Å². The van der Waals surface area contributed by atoms with E-state index in [-0.39, 0.29) is 16.7 Å². The molecule has 3 aromatic rings. The predicted molar refractivity (Wildman–Crippen MR) is 144 cm³/mol. The highest BCUT2D eigenvalue weighted by atomic mass is 35.5. The molecular formula is C30H30ClNO4. The van der Waals surface area contributed by atoms with Crippen molar-refractivity contribution in [2.75, 3.05) is 12.0 Å². The lowest BCUT2D eigenvalue weighted by Crippen LogP contribution is -2.30. The van der Waals surface area contributed by atoms with E-state index in [1.165, 1.54) is 4.90 Å². The van der Waals surface area contributed by atoms with E-state index >= 15 is 0 Å². The number of amides is 1. The van der Waals surface area contributed by atoms with Crippen LogP contribution in [0.4, 0.5) is 5.69 Å². The number of aryl methyl sites for hydroxylation is 1. The predicted octanol–water partition coefficient (Wildman–Crippen LogP) is 6.89. The molecular weight excluding hydrogens is 474 g/mol. The summed E-state index contributed by atoms with van der Waals surface area (Å²) in [5.41, 5.74) is 4.24. The van der Waals surface area contributed by atoms with Gasteiger partial charge in [0.1, 0.15) is 11.5 Å². The molecule has 36 heavy (non-hydrogen) atoms. The number of Topliss-reactive ketones (excluding diaryl/α,β-unsaturated/α-hetero) is 1. The number of hydrogen-bond donors (Lipinski definition) is 1. The van der Waals surface area contributed by atoms with Gasteiger partial charge in [-0.2, -0.15) is 0 Å². The van der Waals surface area contributed by atoms with Gasteiger partial charge in [0.05, 0.1) is 18.7 Å². The van der Waals surface area contributed by atoms with Crippen molar-refractivity contribution in [2.45, 2.75) is 46.1 Å². The maximum Gasteiger partial charge on any atom is 0.300 e. The van der Waals surface area contributed by atoms with Crippen LogP contribution < -0.4 is 9.64 Å². The molecule has 1 aliphatic heterocycles. The third-order valence-electron chi connectivity index (χ3n) is 6.70. The van der Waals surface area contributed by atoms with Gasteiger partial charge in [0.25, 0.3) is 11.7 Å². The third-order valence-corrected chi connectivity index (χ3v) is 7.11. The Morgan fingerprint density at radius 2 is 1.67 bits per heavy atom. The van der Waals surface area contributed by atoms with Gasteiger partial charge in [0.2, 0.25) is 0 Å². The lowest BCUT2D eigenvalue weighted by molar-refractivity contribution is -0.132. The Morgan fingerprint density at radius 3 is 2.25 bits per heavy atom. The molecule has 1 N–H and O–H groups in total. The summed E-state index contributed by atoms with van der Waals surface area (Å²) in [7, 11) is 1.57. The largest absolute Gasteiger partial charge is 0.507 e. The van der Waals surface area contributed by atoms with Gasteiger partial charge in [0.15, 0.2) is 0 Å². The Balaban J connectivity index is 1.96. The van der Waals surface area contributed by atoms with Gasteiger partial charge in [-0.25, -0.2) is 0 Å². The Kier molecular flexibility index (Phi) is 6.72. The molecule has 0 radical (unpaired) electrons. The van der Waals surface area contributed by atoms with E-state index in [1.807, 2.05) is 38.1 Å². The minimum absolute atomic E-state index is 0.0347. The summed E-state index contributed by atoms with van der Waals surface area (Å²) in [5.74, 6) is -1.02. The highest BCUT2D eigenvalue weighted by molar-refractivity contribution is 6.52. The maximum atomic E-state index is 13.5.